The number of aromatic nitrogens is 1. The van der Waals surface area contributed by atoms with Crippen LogP contribution in [0.25, 0.3) is 0 Å². The molecule has 10 heteroatoms. The highest BCUT2D eigenvalue weighted by atomic mass is 16.5. The summed E-state index contributed by atoms with van der Waals surface area (Å²) in [6.07, 6.45) is 3.13. The third kappa shape index (κ3) is 4.82. The Hall–Kier alpha value is -4.02. The molecule has 2 aromatic rings. The van der Waals surface area contributed by atoms with Crippen molar-refractivity contribution in [3.63, 3.8) is 0 Å². The third-order valence-corrected chi connectivity index (χ3v) is 6.17. The van der Waals surface area contributed by atoms with E-state index in [-0.39, 0.29) is 23.0 Å². The number of anilines is 3. The van der Waals surface area contributed by atoms with Crippen molar-refractivity contribution in [1.82, 2.24) is 15.2 Å². The molecule has 10 nitrogen and oxygen atoms in total. The van der Waals surface area contributed by atoms with Crippen molar-refractivity contribution in [2.75, 3.05) is 43.0 Å². The molecule has 1 fully saturated rings. The van der Waals surface area contributed by atoms with Gasteiger partial charge in [-0.2, -0.15) is 10.5 Å². The van der Waals surface area contributed by atoms with Crippen LogP contribution >= 0.6 is 0 Å². The van der Waals surface area contributed by atoms with Crippen LogP contribution in [0.2, 0.25) is 0 Å². The molecule has 3 atom stereocenters. The molecule has 3 heterocycles. The Balaban J connectivity index is 1.51. The second-order valence-corrected chi connectivity index (χ2v) is 9.02. The first kappa shape index (κ1) is 23.1. The lowest BCUT2D eigenvalue weighted by atomic mass is 9.92. The maximum absolute atomic E-state index is 9.45. The molecule has 0 saturated carbocycles. The van der Waals surface area contributed by atoms with Crippen LogP contribution in [-0.2, 0) is 0 Å². The van der Waals surface area contributed by atoms with E-state index in [0.29, 0.717) is 18.0 Å². The molecular weight excluding hydrogens is 430 g/mol. The fourth-order valence-corrected chi connectivity index (χ4v) is 4.84. The number of likely N-dealkylation sites (tertiary alicyclic amines) is 1. The van der Waals surface area contributed by atoms with Gasteiger partial charge in [-0.25, -0.2) is 9.98 Å². The molecule has 0 spiro atoms. The zero-order valence-electron chi connectivity index (χ0n) is 19.4. The lowest BCUT2D eigenvalue weighted by molar-refractivity contribution is 0.120. The van der Waals surface area contributed by atoms with Crippen LogP contribution < -0.4 is 26.8 Å². The Labute approximate surface area is 199 Å². The minimum atomic E-state index is -0.572. The second-order valence-electron chi connectivity index (χ2n) is 9.02. The second kappa shape index (κ2) is 9.86. The normalized spacial score (nSPS) is 21.9. The summed E-state index contributed by atoms with van der Waals surface area (Å²) in [5.41, 5.74) is 13.9. The Morgan fingerprint density at radius 1 is 1.18 bits per heavy atom. The van der Waals surface area contributed by atoms with E-state index in [2.05, 4.69) is 39.4 Å². The molecule has 0 amide bonds. The van der Waals surface area contributed by atoms with Crippen LogP contribution in [0.15, 0.2) is 29.3 Å². The summed E-state index contributed by atoms with van der Waals surface area (Å²) in [4.78, 5) is 11.3. The number of benzene rings is 1. The minimum absolute atomic E-state index is 0.0180. The van der Waals surface area contributed by atoms with Crippen molar-refractivity contribution in [3.8, 4) is 18.0 Å². The maximum atomic E-state index is 9.45. The molecular formula is C24H29N9O. The molecule has 0 aliphatic carbocycles. The number of aliphatic imine (C=N–C) groups is 1. The van der Waals surface area contributed by atoms with Crippen molar-refractivity contribution < 1.29 is 4.74 Å². The number of nitriles is 2. The summed E-state index contributed by atoms with van der Waals surface area (Å²) in [7, 11) is 0. The van der Waals surface area contributed by atoms with Gasteiger partial charge in [-0.05, 0) is 36.0 Å². The average molecular weight is 460 g/mol. The fraction of sp³-hybridized carbons (Fsp3) is 0.417. The number of nitrogens with zero attached hydrogens (tertiary/aromatic N) is 5. The van der Waals surface area contributed by atoms with Crippen molar-refractivity contribution in [2.45, 2.75) is 26.3 Å². The van der Waals surface area contributed by atoms with Gasteiger partial charge in [-0.3, -0.25) is 10.2 Å². The smallest absolute Gasteiger partial charge is 0.211 e. The number of nitrogens with two attached hydrogens (primary N) is 2. The zero-order chi connectivity index (χ0) is 24.2. The summed E-state index contributed by atoms with van der Waals surface area (Å²) in [5.74, 6) is 2.80. The standard InChI is InChI=1S/C24H29N9O/c1-14-9-15(2)12-33(11-14)7-8-34-17-5-3-16(4-6-17)21-19-20(27)18(10-25)22(28)31-23(19)32-24(30-21)29-13-26/h3-6,14-15,21H,7-9,11-12H2,1-2H3,(H6,27,28,29,30,31,32). The first-order valence-electron chi connectivity index (χ1n) is 11.3. The average Bonchev–Trinajstić information content (AvgIpc) is 2.79. The van der Waals surface area contributed by atoms with Crippen LogP contribution in [0.4, 0.5) is 17.3 Å². The first-order chi connectivity index (χ1) is 16.4. The first-order valence-corrected chi connectivity index (χ1v) is 11.3. The van der Waals surface area contributed by atoms with Gasteiger partial charge in [0.05, 0.1) is 5.69 Å². The number of ether oxygens (including phenoxy) is 1. The molecule has 6 N–H and O–H groups in total. The van der Waals surface area contributed by atoms with Crippen LogP contribution in [0, 0.1) is 34.6 Å². The van der Waals surface area contributed by atoms with Gasteiger partial charge in [0, 0.05) is 25.2 Å². The molecule has 1 aromatic heterocycles. The van der Waals surface area contributed by atoms with Crippen LogP contribution in [0.1, 0.15) is 43.0 Å². The highest BCUT2D eigenvalue weighted by Crippen LogP contribution is 2.40. The van der Waals surface area contributed by atoms with Gasteiger partial charge in [-0.15, -0.1) is 0 Å². The van der Waals surface area contributed by atoms with Gasteiger partial charge >= 0.3 is 0 Å². The number of fused-ring (bicyclic) bond motifs is 1. The predicted molar refractivity (Wildman–Crippen MR) is 131 cm³/mol. The maximum Gasteiger partial charge on any atom is 0.211 e. The minimum Gasteiger partial charge on any atom is -0.492 e. The Kier molecular flexibility index (Phi) is 6.71. The van der Waals surface area contributed by atoms with Crippen molar-refractivity contribution in [2.24, 2.45) is 16.8 Å². The van der Waals surface area contributed by atoms with E-state index in [1.807, 2.05) is 36.5 Å². The number of rotatable bonds is 5. The van der Waals surface area contributed by atoms with E-state index < -0.39 is 6.04 Å². The van der Waals surface area contributed by atoms with Crippen LogP contribution in [0.5, 0.6) is 5.75 Å². The van der Waals surface area contributed by atoms with Crippen molar-refractivity contribution in [3.05, 3.63) is 41.0 Å². The van der Waals surface area contributed by atoms with Gasteiger partial charge in [0.1, 0.15) is 41.7 Å². The number of nitrogens with one attached hydrogen (secondary N) is 2. The zero-order valence-corrected chi connectivity index (χ0v) is 19.4. The number of guanidine groups is 1. The lowest BCUT2D eigenvalue weighted by Gasteiger charge is -2.34. The van der Waals surface area contributed by atoms with E-state index in [1.54, 1.807) is 0 Å². The summed E-state index contributed by atoms with van der Waals surface area (Å²) in [5, 5.41) is 23.9. The van der Waals surface area contributed by atoms with Crippen molar-refractivity contribution in [1.29, 1.82) is 10.5 Å². The highest BCUT2D eigenvalue weighted by Gasteiger charge is 2.29. The number of hydrogen-bond acceptors (Lipinski definition) is 10. The van der Waals surface area contributed by atoms with E-state index in [1.165, 1.54) is 6.42 Å². The molecule has 4 rings (SSSR count). The number of piperidine rings is 1. The summed E-state index contributed by atoms with van der Waals surface area (Å²) < 4.78 is 5.98. The van der Waals surface area contributed by atoms with Gasteiger partial charge in [-0.1, -0.05) is 26.0 Å². The Morgan fingerprint density at radius 2 is 1.88 bits per heavy atom. The Bertz CT molecular complexity index is 1150. The monoisotopic (exact) mass is 459 g/mol. The molecule has 1 saturated heterocycles. The van der Waals surface area contributed by atoms with Gasteiger partial charge < -0.3 is 21.5 Å². The van der Waals surface area contributed by atoms with Crippen molar-refractivity contribution >= 4 is 23.3 Å². The van der Waals surface area contributed by atoms with Gasteiger partial charge in [0.15, 0.2) is 6.19 Å². The van der Waals surface area contributed by atoms with E-state index >= 15 is 0 Å². The highest BCUT2D eigenvalue weighted by molar-refractivity contribution is 5.98. The molecule has 3 unspecified atom stereocenters. The largest absolute Gasteiger partial charge is 0.492 e. The molecule has 0 bridgehead atoms. The van der Waals surface area contributed by atoms with E-state index in [4.69, 9.17) is 21.5 Å². The lowest BCUT2D eigenvalue weighted by Crippen LogP contribution is -2.40. The SMILES string of the molecule is CC1CC(C)CN(CCOc2ccc(C3N=C(NC#N)Nc4nc(N)c(C#N)c(N)c43)cc2)C1. The molecule has 0 radical (unpaired) electrons. The van der Waals surface area contributed by atoms with E-state index in [9.17, 15) is 5.26 Å². The molecule has 1 aromatic carbocycles. The molecule has 176 valence electrons. The van der Waals surface area contributed by atoms with E-state index in [0.717, 1.165) is 42.8 Å². The molecule has 2 aliphatic heterocycles. The summed E-state index contributed by atoms with van der Waals surface area (Å²) in [6.45, 7) is 8.35. The number of nitrogen functional groups attached to an aromatic ring is 2. The Morgan fingerprint density at radius 3 is 2.53 bits per heavy atom. The van der Waals surface area contributed by atoms with Crippen LogP contribution in [0.3, 0.4) is 0 Å². The fourth-order valence-electron chi connectivity index (χ4n) is 4.84. The summed E-state index contributed by atoms with van der Waals surface area (Å²) >= 11 is 0. The number of hydrogen-bond donors (Lipinski definition) is 4. The predicted octanol–water partition coefficient (Wildman–Crippen LogP) is 2.42. The molecule has 34 heavy (non-hydrogen) atoms. The topological polar surface area (TPSA) is 161 Å². The quantitative estimate of drug-likeness (QED) is 0.388. The summed E-state index contributed by atoms with van der Waals surface area (Å²) in [6, 6.07) is 9.00. The van der Waals surface area contributed by atoms with Crippen LogP contribution in [-0.4, -0.2) is 42.1 Å². The van der Waals surface area contributed by atoms with Gasteiger partial charge in [0.25, 0.3) is 0 Å². The molecule has 2 aliphatic rings. The number of pyridine rings is 1. The third-order valence-electron chi connectivity index (χ3n) is 6.17. The van der Waals surface area contributed by atoms with Gasteiger partial charge in [0.2, 0.25) is 5.96 Å².